The van der Waals surface area contributed by atoms with Gasteiger partial charge in [-0.15, -0.1) is 0 Å². The van der Waals surface area contributed by atoms with Crippen LogP contribution in [0.4, 0.5) is 5.69 Å². The van der Waals surface area contributed by atoms with E-state index in [2.05, 4.69) is 10.0 Å². The first kappa shape index (κ1) is 17.9. The monoisotopic (exact) mass is 339 g/mol. The number of nitrogens with one attached hydrogen (secondary N) is 2. The summed E-state index contributed by atoms with van der Waals surface area (Å²) in [6.07, 6.45) is 0.955. The summed E-state index contributed by atoms with van der Waals surface area (Å²) < 4.78 is 27.7. The number of benzene rings is 1. The molecule has 1 aliphatic rings. The van der Waals surface area contributed by atoms with E-state index in [1.807, 2.05) is 32.8 Å². The number of hydrogen-bond acceptors (Lipinski definition) is 4. The Labute approximate surface area is 138 Å². The van der Waals surface area contributed by atoms with Crippen LogP contribution in [0.3, 0.4) is 0 Å². The van der Waals surface area contributed by atoms with Crippen LogP contribution in [0.2, 0.25) is 0 Å². The van der Waals surface area contributed by atoms with Gasteiger partial charge in [0, 0.05) is 25.2 Å². The molecular formula is C16H25N3O3S. The summed E-state index contributed by atoms with van der Waals surface area (Å²) in [5.41, 5.74) is 1.40. The van der Waals surface area contributed by atoms with Crippen molar-refractivity contribution in [3.63, 3.8) is 0 Å². The molecule has 0 saturated heterocycles. The highest BCUT2D eigenvalue weighted by Crippen LogP contribution is 2.25. The SMILES string of the molecule is CN(C)CC(C)(C)CNS(=O)(=O)c1ccc2c(c1)CCC(=O)N2. The van der Waals surface area contributed by atoms with Gasteiger partial charge in [-0.25, -0.2) is 13.1 Å². The third kappa shape index (κ3) is 4.76. The van der Waals surface area contributed by atoms with Gasteiger partial charge in [0.15, 0.2) is 0 Å². The second-order valence-electron chi connectivity index (χ2n) is 7.09. The molecule has 0 radical (unpaired) electrons. The van der Waals surface area contributed by atoms with Crippen LogP contribution in [-0.2, 0) is 21.2 Å². The zero-order valence-electron chi connectivity index (χ0n) is 14.1. The third-order valence-corrected chi connectivity index (χ3v) is 5.17. The van der Waals surface area contributed by atoms with Gasteiger partial charge >= 0.3 is 0 Å². The molecule has 0 unspecified atom stereocenters. The van der Waals surface area contributed by atoms with Gasteiger partial charge in [0.1, 0.15) is 0 Å². The molecule has 1 aromatic rings. The minimum atomic E-state index is -3.56. The fourth-order valence-electron chi connectivity index (χ4n) is 2.81. The van der Waals surface area contributed by atoms with Crippen molar-refractivity contribution in [3.8, 4) is 0 Å². The van der Waals surface area contributed by atoms with Crippen LogP contribution in [0.5, 0.6) is 0 Å². The Morgan fingerprint density at radius 1 is 1.26 bits per heavy atom. The van der Waals surface area contributed by atoms with E-state index >= 15 is 0 Å². The summed E-state index contributed by atoms with van der Waals surface area (Å²) in [7, 11) is 0.375. The van der Waals surface area contributed by atoms with Gasteiger partial charge in [-0.05, 0) is 49.7 Å². The van der Waals surface area contributed by atoms with Gasteiger partial charge in [-0.3, -0.25) is 4.79 Å². The highest BCUT2D eigenvalue weighted by Gasteiger charge is 2.24. The maximum absolute atomic E-state index is 12.5. The Bertz CT molecular complexity index is 697. The Morgan fingerprint density at radius 2 is 1.96 bits per heavy atom. The number of nitrogens with zero attached hydrogens (tertiary/aromatic N) is 1. The van der Waals surface area contributed by atoms with E-state index in [0.717, 1.165) is 12.1 Å². The number of sulfonamides is 1. The first-order valence-corrected chi connectivity index (χ1v) is 9.15. The van der Waals surface area contributed by atoms with Gasteiger partial charge in [-0.1, -0.05) is 13.8 Å². The number of hydrogen-bond donors (Lipinski definition) is 2. The van der Waals surface area contributed by atoms with E-state index in [1.165, 1.54) is 6.07 Å². The van der Waals surface area contributed by atoms with Crippen LogP contribution in [0.15, 0.2) is 23.1 Å². The molecule has 0 aromatic heterocycles. The van der Waals surface area contributed by atoms with Crippen molar-refractivity contribution in [3.05, 3.63) is 23.8 Å². The molecule has 0 bridgehead atoms. The Hall–Kier alpha value is -1.44. The average Bonchev–Trinajstić information content (AvgIpc) is 2.43. The molecule has 0 saturated carbocycles. The Kier molecular flexibility index (Phi) is 5.13. The maximum atomic E-state index is 12.5. The zero-order chi connectivity index (χ0) is 17.3. The summed E-state index contributed by atoms with van der Waals surface area (Å²) in [6.45, 7) is 5.20. The molecule has 1 aromatic carbocycles. The second-order valence-corrected chi connectivity index (χ2v) is 8.86. The molecule has 2 rings (SSSR count). The number of fused-ring (bicyclic) bond motifs is 1. The predicted molar refractivity (Wildman–Crippen MR) is 90.9 cm³/mol. The van der Waals surface area contributed by atoms with Crippen LogP contribution < -0.4 is 10.0 Å². The van der Waals surface area contributed by atoms with E-state index in [0.29, 0.717) is 25.1 Å². The fraction of sp³-hybridized carbons (Fsp3) is 0.562. The third-order valence-electron chi connectivity index (χ3n) is 3.77. The minimum absolute atomic E-state index is 0.0309. The Morgan fingerprint density at radius 3 is 2.61 bits per heavy atom. The van der Waals surface area contributed by atoms with Crippen molar-refractivity contribution in [2.75, 3.05) is 32.5 Å². The number of carbonyl (C=O) groups excluding carboxylic acids is 1. The standard InChI is InChI=1S/C16H25N3O3S/c1-16(2,11-19(3)4)10-17-23(21,22)13-6-7-14-12(9-13)5-8-15(20)18-14/h6-7,9,17H,5,8,10-11H2,1-4H3,(H,18,20). The van der Waals surface area contributed by atoms with Gasteiger partial charge in [-0.2, -0.15) is 0 Å². The van der Waals surface area contributed by atoms with Gasteiger partial charge in [0.25, 0.3) is 0 Å². The van der Waals surface area contributed by atoms with E-state index in [1.54, 1.807) is 12.1 Å². The van der Waals surface area contributed by atoms with E-state index in [-0.39, 0.29) is 16.2 Å². The van der Waals surface area contributed by atoms with E-state index in [4.69, 9.17) is 0 Å². The minimum Gasteiger partial charge on any atom is -0.326 e. The molecule has 0 atom stereocenters. The predicted octanol–water partition coefficient (Wildman–Crippen LogP) is 1.44. The number of anilines is 1. The number of aryl methyl sites for hydroxylation is 1. The lowest BCUT2D eigenvalue weighted by atomic mass is 9.93. The molecule has 2 N–H and O–H groups in total. The van der Waals surface area contributed by atoms with E-state index in [9.17, 15) is 13.2 Å². The normalized spacial score (nSPS) is 15.4. The first-order chi connectivity index (χ1) is 10.6. The zero-order valence-corrected chi connectivity index (χ0v) is 15.0. The molecule has 0 spiro atoms. The van der Waals surface area contributed by atoms with E-state index < -0.39 is 10.0 Å². The number of amides is 1. The lowest BCUT2D eigenvalue weighted by Gasteiger charge is -2.28. The smallest absolute Gasteiger partial charge is 0.240 e. The summed E-state index contributed by atoms with van der Waals surface area (Å²) in [4.78, 5) is 13.6. The number of rotatable bonds is 6. The lowest BCUT2D eigenvalue weighted by Crippen LogP contribution is -2.40. The molecule has 1 amide bonds. The Balaban J connectivity index is 2.12. The molecule has 0 aliphatic carbocycles. The fourth-order valence-corrected chi connectivity index (χ4v) is 4.10. The van der Waals surface area contributed by atoms with Crippen molar-refractivity contribution in [2.24, 2.45) is 5.41 Å². The van der Waals surface area contributed by atoms with Gasteiger partial charge in [0.2, 0.25) is 15.9 Å². The molecule has 0 fully saturated rings. The van der Waals surface area contributed by atoms with Crippen LogP contribution >= 0.6 is 0 Å². The van der Waals surface area contributed by atoms with Crippen LogP contribution in [0.25, 0.3) is 0 Å². The second kappa shape index (κ2) is 6.59. The quantitative estimate of drug-likeness (QED) is 0.822. The van der Waals surface area contributed by atoms with Gasteiger partial charge < -0.3 is 10.2 Å². The van der Waals surface area contributed by atoms with Crippen molar-refractivity contribution in [1.82, 2.24) is 9.62 Å². The van der Waals surface area contributed by atoms with Crippen molar-refractivity contribution < 1.29 is 13.2 Å². The van der Waals surface area contributed by atoms with Gasteiger partial charge in [0.05, 0.1) is 4.90 Å². The summed E-state index contributed by atoms with van der Waals surface area (Å²) >= 11 is 0. The van der Waals surface area contributed by atoms with Crippen molar-refractivity contribution in [1.29, 1.82) is 0 Å². The molecule has 23 heavy (non-hydrogen) atoms. The van der Waals surface area contributed by atoms with Crippen molar-refractivity contribution in [2.45, 2.75) is 31.6 Å². The summed E-state index contributed by atoms with van der Waals surface area (Å²) in [5, 5.41) is 2.76. The van der Waals surface area contributed by atoms with Crippen LogP contribution in [-0.4, -0.2) is 46.4 Å². The topological polar surface area (TPSA) is 78.5 Å². The number of carbonyl (C=O) groups is 1. The average molecular weight is 339 g/mol. The first-order valence-electron chi connectivity index (χ1n) is 7.66. The van der Waals surface area contributed by atoms with Crippen LogP contribution in [0.1, 0.15) is 25.8 Å². The molecule has 6 nitrogen and oxygen atoms in total. The molecule has 1 aliphatic heterocycles. The molecular weight excluding hydrogens is 314 g/mol. The largest absolute Gasteiger partial charge is 0.326 e. The summed E-state index contributed by atoms with van der Waals surface area (Å²) in [6, 6.07) is 4.84. The molecule has 1 heterocycles. The van der Waals surface area contributed by atoms with Crippen LogP contribution in [0, 0.1) is 5.41 Å². The molecule has 128 valence electrons. The highest BCUT2D eigenvalue weighted by molar-refractivity contribution is 7.89. The molecule has 7 heteroatoms. The highest BCUT2D eigenvalue weighted by atomic mass is 32.2. The van der Waals surface area contributed by atoms with Crippen molar-refractivity contribution >= 4 is 21.6 Å². The maximum Gasteiger partial charge on any atom is 0.240 e. The lowest BCUT2D eigenvalue weighted by molar-refractivity contribution is -0.116. The summed E-state index contributed by atoms with van der Waals surface area (Å²) in [5.74, 6) is -0.0309.